The minimum absolute atomic E-state index is 0.00951. The van der Waals surface area contributed by atoms with Crippen LogP contribution in [0.15, 0.2) is 52.9 Å². The second-order valence-corrected chi connectivity index (χ2v) is 5.88. The maximum absolute atomic E-state index is 9.67. The molecule has 0 aliphatic carbocycles. The molecule has 23 heavy (non-hydrogen) atoms. The highest BCUT2D eigenvalue weighted by Crippen LogP contribution is 2.25. The van der Waals surface area contributed by atoms with Crippen molar-refractivity contribution in [2.24, 2.45) is 5.10 Å². The van der Waals surface area contributed by atoms with Gasteiger partial charge in [0.2, 0.25) is 5.13 Å². The Hall–Kier alpha value is -2.86. The third-order valence-corrected chi connectivity index (χ3v) is 3.98. The number of aromatic nitrogens is 1. The number of phenols is 2. The minimum atomic E-state index is -0.0324. The molecule has 116 valence electrons. The van der Waals surface area contributed by atoms with Crippen LogP contribution < -0.4 is 5.43 Å². The van der Waals surface area contributed by atoms with E-state index in [1.54, 1.807) is 6.07 Å². The Bertz CT molecular complexity index is 841. The number of phenolic OH excluding ortho intramolecular Hbond substituents is 2. The molecule has 0 aliphatic rings. The average molecular weight is 325 g/mol. The van der Waals surface area contributed by atoms with Crippen molar-refractivity contribution in [3.05, 3.63) is 59.0 Å². The first-order valence-electron chi connectivity index (χ1n) is 6.95. The molecule has 6 heteroatoms. The first-order chi connectivity index (χ1) is 11.1. The van der Waals surface area contributed by atoms with Gasteiger partial charge < -0.3 is 10.2 Å². The lowest BCUT2D eigenvalue weighted by atomic mass is 10.1. The molecule has 5 nitrogen and oxygen atoms in total. The monoisotopic (exact) mass is 325 g/mol. The number of thiazole rings is 1. The molecule has 0 saturated carbocycles. The van der Waals surface area contributed by atoms with Crippen molar-refractivity contribution in [3.63, 3.8) is 0 Å². The minimum Gasteiger partial charge on any atom is -0.508 e. The third kappa shape index (κ3) is 3.67. The summed E-state index contributed by atoms with van der Waals surface area (Å²) in [5.74, 6) is -0.0229. The number of hydrogen-bond acceptors (Lipinski definition) is 6. The zero-order valence-corrected chi connectivity index (χ0v) is 13.2. The molecule has 0 radical (unpaired) electrons. The lowest BCUT2D eigenvalue weighted by molar-refractivity contribution is 0.450. The summed E-state index contributed by atoms with van der Waals surface area (Å²) < 4.78 is 0. The summed E-state index contributed by atoms with van der Waals surface area (Å²) in [6, 6.07) is 12.5. The Morgan fingerprint density at radius 3 is 2.65 bits per heavy atom. The van der Waals surface area contributed by atoms with Gasteiger partial charge in [0.15, 0.2) is 0 Å². The Balaban J connectivity index is 1.69. The molecule has 2 aromatic carbocycles. The summed E-state index contributed by atoms with van der Waals surface area (Å²) >= 11 is 1.45. The molecule has 0 bridgehead atoms. The van der Waals surface area contributed by atoms with E-state index >= 15 is 0 Å². The van der Waals surface area contributed by atoms with Gasteiger partial charge in [0, 0.05) is 22.6 Å². The number of hydrogen-bond donors (Lipinski definition) is 3. The van der Waals surface area contributed by atoms with Crippen LogP contribution >= 0.6 is 11.3 Å². The van der Waals surface area contributed by atoms with E-state index in [4.69, 9.17) is 0 Å². The van der Waals surface area contributed by atoms with Gasteiger partial charge in [-0.15, -0.1) is 11.3 Å². The van der Waals surface area contributed by atoms with Crippen molar-refractivity contribution < 1.29 is 10.2 Å². The number of nitrogens with one attached hydrogen (secondary N) is 1. The van der Waals surface area contributed by atoms with Crippen molar-refractivity contribution >= 4 is 22.7 Å². The number of anilines is 1. The highest BCUT2D eigenvalue weighted by molar-refractivity contribution is 7.14. The second-order valence-electron chi connectivity index (χ2n) is 5.02. The van der Waals surface area contributed by atoms with Gasteiger partial charge in [0.1, 0.15) is 11.5 Å². The molecule has 3 aromatic rings. The first-order valence-corrected chi connectivity index (χ1v) is 7.83. The number of aromatic hydroxyl groups is 2. The van der Waals surface area contributed by atoms with Crippen LogP contribution in [0, 0.1) is 6.92 Å². The van der Waals surface area contributed by atoms with E-state index in [1.165, 1.54) is 35.2 Å². The summed E-state index contributed by atoms with van der Waals surface area (Å²) in [6.45, 7) is 2.05. The van der Waals surface area contributed by atoms with E-state index in [2.05, 4.69) is 15.5 Å². The highest BCUT2D eigenvalue weighted by atomic mass is 32.1. The van der Waals surface area contributed by atoms with Gasteiger partial charge in [0.25, 0.3) is 0 Å². The molecule has 3 rings (SSSR count). The Morgan fingerprint density at radius 1 is 1.13 bits per heavy atom. The molecular formula is C17H15N3O2S. The summed E-state index contributed by atoms with van der Waals surface area (Å²) in [5, 5.41) is 25.6. The molecule has 3 N–H and O–H groups in total. The van der Waals surface area contributed by atoms with E-state index in [9.17, 15) is 10.2 Å². The van der Waals surface area contributed by atoms with Crippen molar-refractivity contribution in [3.8, 4) is 22.8 Å². The number of rotatable bonds is 4. The zero-order valence-electron chi connectivity index (χ0n) is 12.4. The molecule has 0 spiro atoms. The molecule has 0 atom stereocenters. The molecule has 0 amide bonds. The summed E-state index contributed by atoms with van der Waals surface area (Å²) in [5.41, 5.74) is 6.50. The number of benzene rings is 2. The molecule has 1 heterocycles. The fourth-order valence-corrected chi connectivity index (χ4v) is 2.65. The van der Waals surface area contributed by atoms with Crippen LogP contribution in [0.2, 0.25) is 0 Å². The van der Waals surface area contributed by atoms with E-state index in [1.807, 2.05) is 36.6 Å². The smallest absolute Gasteiger partial charge is 0.203 e. The molecule has 0 saturated heterocycles. The SMILES string of the molecule is Cc1ccc(-c2csc(N/N=C\c3ccc(O)cc3O)n2)cc1. The predicted molar refractivity (Wildman–Crippen MR) is 93.3 cm³/mol. The van der Waals surface area contributed by atoms with E-state index in [-0.39, 0.29) is 11.5 Å². The third-order valence-electron chi connectivity index (χ3n) is 3.23. The van der Waals surface area contributed by atoms with Crippen LogP contribution in [0.3, 0.4) is 0 Å². The van der Waals surface area contributed by atoms with Crippen LogP contribution in [-0.4, -0.2) is 21.4 Å². The quantitative estimate of drug-likeness (QED) is 0.501. The summed E-state index contributed by atoms with van der Waals surface area (Å²) in [4.78, 5) is 4.47. The fraction of sp³-hybridized carbons (Fsp3) is 0.0588. The Labute approximate surface area is 137 Å². The van der Waals surface area contributed by atoms with Crippen molar-refractivity contribution in [1.82, 2.24) is 4.98 Å². The van der Waals surface area contributed by atoms with Gasteiger partial charge >= 0.3 is 0 Å². The summed E-state index contributed by atoms with van der Waals surface area (Å²) in [6.07, 6.45) is 1.47. The van der Waals surface area contributed by atoms with Crippen molar-refractivity contribution in [1.29, 1.82) is 0 Å². The standard InChI is InChI=1S/C17H15N3O2S/c1-11-2-4-12(5-3-11)15-10-23-17(19-15)20-18-9-13-6-7-14(21)8-16(13)22/h2-10,21-22H,1H3,(H,19,20)/b18-9-. The van der Waals surface area contributed by atoms with Crippen LogP contribution in [0.5, 0.6) is 11.5 Å². The van der Waals surface area contributed by atoms with Gasteiger partial charge in [-0.05, 0) is 19.1 Å². The van der Waals surface area contributed by atoms with E-state index in [0.717, 1.165) is 11.3 Å². The molecule has 0 unspecified atom stereocenters. The van der Waals surface area contributed by atoms with Crippen LogP contribution in [0.1, 0.15) is 11.1 Å². The molecular weight excluding hydrogens is 310 g/mol. The topological polar surface area (TPSA) is 77.7 Å². The Kier molecular flexibility index (Phi) is 4.25. The van der Waals surface area contributed by atoms with E-state index in [0.29, 0.717) is 10.7 Å². The van der Waals surface area contributed by atoms with Crippen molar-refractivity contribution in [2.45, 2.75) is 6.92 Å². The molecule has 0 aliphatic heterocycles. The number of aryl methyl sites for hydroxylation is 1. The van der Waals surface area contributed by atoms with Gasteiger partial charge in [-0.25, -0.2) is 4.98 Å². The van der Waals surface area contributed by atoms with Gasteiger partial charge in [-0.2, -0.15) is 5.10 Å². The van der Waals surface area contributed by atoms with Gasteiger partial charge in [-0.1, -0.05) is 29.8 Å². The molecule has 0 fully saturated rings. The maximum Gasteiger partial charge on any atom is 0.203 e. The largest absolute Gasteiger partial charge is 0.508 e. The summed E-state index contributed by atoms with van der Waals surface area (Å²) in [7, 11) is 0. The van der Waals surface area contributed by atoms with Crippen LogP contribution in [-0.2, 0) is 0 Å². The normalized spacial score (nSPS) is 11.0. The fourth-order valence-electron chi connectivity index (χ4n) is 1.98. The van der Waals surface area contributed by atoms with Crippen LogP contribution in [0.4, 0.5) is 5.13 Å². The second kappa shape index (κ2) is 6.50. The molecule has 1 aromatic heterocycles. The number of hydrazone groups is 1. The van der Waals surface area contributed by atoms with Crippen LogP contribution in [0.25, 0.3) is 11.3 Å². The lowest BCUT2D eigenvalue weighted by Gasteiger charge is -1.99. The van der Waals surface area contributed by atoms with Gasteiger partial charge in [-0.3, -0.25) is 5.43 Å². The predicted octanol–water partition coefficient (Wildman–Crippen LogP) is 3.98. The highest BCUT2D eigenvalue weighted by Gasteiger charge is 2.04. The first kappa shape index (κ1) is 15.1. The Morgan fingerprint density at radius 2 is 1.91 bits per heavy atom. The lowest BCUT2D eigenvalue weighted by Crippen LogP contribution is -1.90. The number of nitrogens with zero attached hydrogens (tertiary/aromatic N) is 2. The maximum atomic E-state index is 9.67. The van der Waals surface area contributed by atoms with E-state index < -0.39 is 0 Å². The average Bonchev–Trinajstić information content (AvgIpc) is 2.99. The zero-order chi connectivity index (χ0) is 16.2. The van der Waals surface area contributed by atoms with Gasteiger partial charge in [0.05, 0.1) is 11.9 Å². The van der Waals surface area contributed by atoms with Crippen molar-refractivity contribution in [2.75, 3.05) is 5.43 Å².